The van der Waals surface area contributed by atoms with Crippen LogP contribution in [-0.2, 0) is 14.3 Å². The zero-order chi connectivity index (χ0) is 16.4. The van der Waals surface area contributed by atoms with E-state index in [0.29, 0.717) is 17.0 Å². The number of aryl methyl sites for hydroxylation is 1. The summed E-state index contributed by atoms with van der Waals surface area (Å²) in [5, 5.41) is 2.66. The molecule has 1 aromatic carbocycles. The lowest BCUT2D eigenvalue weighted by Crippen LogP contribution is -2.07. The third kappa shape index (κ3) is 3.37. The molecule has 0 aliphatic carbocycles. The van der Waals surface area contributed by atoms with E-state index < -0.39 is 5.97 Å². The van der Waals surface area contributed by atoms with Crippen molar-refractivity contribution in [1.29, 1.82) is 0 Å². The molecule has 2 aromatic rings. The molecular formula is C17H14N2O4. The lowest BCUT2D eigenvalue weighted by molar-refractivity contribution is -0.130. The summed E-state index contributed by atoms with van der Waals surface area (Å²) in [5.41, 5.74) is 1.49. The molecule has 1 aromatic heterocycles. The van der Waals surface area contributed by atoms with E-state index in [2.05, 4.69) is 10.3 Å². The van der Waals surface area contributed by atoms with Crippen molar-refractivity contribution in [3.05, 3.63) is 59.2 Å². The number of hydrogen-bond donors (Lipinski definition) is 1. The number of aliphatic imine (C=N–C) groups is 1. The van der Waals surface area contributed by atoms with E-state index in [0.717, 1.165) is 5.76 Å². The standard InChI is InChI=1S/C17H14N2O4/c1-10-3-8-14(22-10)9-15-17(21)23-16(19-15)12-4-6-13(7-5-12)18-11(2)20/h3-9H,1-2H3,(H,18,20)/b15-9+. The molecule has 0 saturated carbocycles. The number of amides is 1. The molecule has 0 unspecified atom stereocenters. The minimum atomic E-state index is -0.528. The minimum absolute atomic E-state index is 0.152. The normalized spacial score (nSPS) is 15.5. The second kappa shape index (κ2) is 5.92. The summed E-state index contributed by atoms with van der Waals surface area (Å²) in [4.78, 5) is 27.1. The van der Waals surface area contributed by atoms with Gasteiger partial charge in [0.1, 0.15) is 11.5 Å². The Morgan fingerprint density at radius 2 is 1.91 bits per heavy atom. The van der Waals surface area contributed by atoms with Crippen molar-refractivity contribution in [2.75, 3.05) is 5.32 Å². The van der Waals surface area contributed by atoms with Crippen molar-refractivity contribution < 1.29 is 18.7 Å². The van der Waals surface area contributed by atoms with Gasteiger partial charge in [0, 0.05) is 24.3 Å². The van der Waals surface area contributed by atoms with Gasteiger partial charge < -0.3 is 14.5 Å². The van der Waals surface area contributed by atoms with Crippen LogP contribution in [0.5, 0.6) is 0 Å². The topological polar surface area (TPSA) is 80.9 Å². The molecule has 1 aliphatic heterocycles. The maximum Gasteiger partial charge on any atom is 0.363 e. The Morgan fingerprint density at radius 3 is 2.52 bits per heavy atom. The Hall–Kier alpha value is -3.15. The number of anilines is 1. The molecule has 1 N–H and O–H groups in total. The highest BCUT2D eigenvalue weighted by atomic mass is 16.6. The molecule has 0 bridgehead atoms. The van der Waals surface area contributed by atoms with Crippen LogP contribution < -0.4 is 5.32 Å². The average Bonchev–Trinajstić information content (AvgIpc) is 3.06. The van der Waals surface area contributed by atoms with Crippen molar-refractivity contribution in [3.63, 3.8) is 0 Å². The highest BCUT2D eigenvalue weighted by Crippen LogP contribution is 2.21. The number of furan rings is 1. The first-order valence-corrected chi connectivity index (χ1v) is 6.98. The molecule has 3 rings (SSSR count). The maximum atomic E-state index is 11.9. The predicted octanol–water partition coefficient (Wildman–Crippen LogP) is 2.89. The van der Waals surface area contributed by atoms with Gasteiger partial charge in [-0.05, 0) is 43.3 Å². The SMILES string of the molecule is CC(=O)Nc1ccc(C2=N/C(=C/c3ccc(C)o3)C(=O)O2)cc1. The molecule has 2 heterocycles. The zero-order valence-corrected chi connectivity index (χ0v) is 12.6. The van der Waals surface area contributed by atoms with Crippen LogP contribution in [0.25, 0.3) is 6.08 Å². The van der Waals surface area contributed by atoms with Gasteiger partial charge in [-0.2, -0.15) is 0 Å². The van der Waals surface area contributed by atoms with Gasteiger partial charge in [0.2, 0.25) is 11.8 Å². The molecule has 0 saturated heterocycles. The summed E-state index contributed by atoms with van der Waals surface area (Å²) in [7, 11) is 0. The predicted molar refractivity (Wildman–Crippen MR) is 84.8 cm³/mol. The number of esters is 1. The molecule has 6 heteroatoms. The van der Waals surface area contributed by atoms with Gasteiger partial charge >= 0.3 is 5.97 Å². The van der Waals surface area contributed by atoms with E-state index in [1.807, 2.05) is 6.92 Å². The number of ether oxygens (including phenoxy) is 1. The van der Waals surface area contributed by atoms with Crippen LogP contribution in [0.15, 0.2) is 51.5 Å². The number of cyclic esters (lactones) is 1. The van der Waals surface area contributed by atoms with E-state index in [9.17, 15) is 9.59 Å². The molecule has 1 amide bonds. The van der Waals surface area contributed by atoms with Crippen LogP contribution >= 0.6 is 0 Å². The summed E-state index contributed by atoms with van der Waals surface area (Å²) < 4.78 is 10.6. The first kappa shape index (κ1) is 14.8. The van der Waals surface area contributed by atoms with Crippen LogP contribution in [-0.4, -0.2) is 17.8 Å². The van der Waals surface area contributed by atoms with Gasteiger partial charge in [-0.15, -0.1) is 0 Å². The van der Waals surface area contributed by atoms with Crippen molar-refractivity contribution in [1.82, 2.24) is 0 Å². The fraction of sp³-hybridized carbons (Fsp3) is 0.118. The lowest BCUT2D eigenvalue weighted by atomic mass is 10.2. The molecule has 0 fully saturated rings. The number of carbonyl (C=O) groups excluding carboxylic acids is 2. The van der Waals surface area contributed by atoms with Crippen LogP contribution in [0.4, 0.5) is 5.69 Å². The molecule has 0 spiro atoms. The maximum absolute atomic E-state index is 11.9. The van der Waals surface area contributed by atoms with E-state index >= 15 is 0 Å². The number of hydrogen-bond acceptors (Lipinski definition) is 5. The summed E-state index contributed by atoms with van der Waals surface area (Å²) in [6, 6.07) is 10.4. The number of nitrogens with zero attached hydrogens (tertiary/aromatic N) is 1. The van der Waals surface area contributed by atoms with Crippen LogP contribution in [0.1, 0.15) is 24.0 Å². The van der Waals surface area contributed by atoms with Gasteiger partial charge in [-0.1, -0.05) is 0 Å². The second-order valence-electron chi connectivity index (χ2n) is 5.04. The van der Waals surface area contributed by atoms with Crippen LogP contribution in [0.3, 0.4) is 0 Å². The van der Waals surface area contributed by atoms with E-state index in [1.54, 1.807) is 36.4 Å². The number of rotatable bonds is 3. The summed E-state index contributed by atoms with van der Waals surface area (Å²) >= 11 is 0. The fourth-order valence-corrected chi connectivity index (χ4v) is 2.10. The van der Waals surface area contributed by atoms with Gasteiger partial charge in [0.05, 0.1) is 0 Å². The lowest BCUT2D eigenvalue weighted by Gasteiger charge is -2.03. The monoisotopic (exact) mass is 310 g/mol. The third-order valence-electron chi connectivity index (χ3n) is 3.11. The molecule has 0 atom stereocenters. The van der Waals surface area contributed by atoms with Crippen molar-refractivity contribution in [2.45, 2.75) is 13.8 Å². The zero-order valence-electron chi connectivity index (χ0n) is 12.6. The molecule has 6 nitrogen and oxygen atoms in total. The van der Waals surface area contributed by atoms with Crippen LogP contribution in [0, 0.1) is 6.92 Å². The number of nitrogens with one attached hydrogen (secondary N) is 1. The minimum Gasteiger partial charge on any atom is -0.462 e. The summed E-state index contributed by atoms with van der Waals surface area (Å²) in [6.07, 6.45) is 1.54. The van der Waals surface area contributed by atoms with Crippen molar-refractivity contribution in [3.8, 4) is 0 Å². The van der Waals surface area contributed by atoms with E-state index in [-0.39, 0.29) is 17.5 Å². The third-order valence-corrected chi connectivity index (χ3v) is 3.11. The first-order valence-electron chi connectivity index (χ1n) is 6.98. The Balaban J connectivity index is 1.83. The second-order valence-corrected chi connectivity index (χ2v) is 5.04. The van der Waals surface area contributed by atoms with Gasteiger partial charge in [0.25, 0.3) is 0 Å². The summed E-state index contributed by atoms with van der Waals surface area (Å²) in [5.74, 6) is 0.835. The quantitative estimate of drug-likeness (QED) is 0.698. The van der Waals surface area contributed by atoms with Gasteiger partial charge in [-0.3, -0.25) is 4.79 Å². The molecule has 116 valence electrons. The van der Waals surface area contributed by atoms with Crippen LogP contribution in [0.2, 0.25) is 0 Å². The van der Waals surface area contributed by atoms with E-state index in [4.69, 9.17) is 9.15 Å². The molecule has 1 aliphatic rings. The fourth-order valence-electron chi connectivity index (χ4n) is 2.10. The molecule has 0 radical (unpaired) electrons. The number of benzene rings is 1. The molecule has 23 heavy (non-hydrogen) atoms. The first-order chi connectivity index (χ1) is 11.0. The number of carbonyl (C=O) groups is 2. The molecular weight excluding hydrogens is 296 g/mol. The van der Waals surface area contributed by atoms with E-state index in [1.165, 1.54) is 13.0 Å². The Labute approximate surface area is 132 Å². The Morgan fingerprint density at radius 1 is 1.17 bits per heavy atom. The Bertz CT molecular complexity index is 829. The Kier molecular flexibility index (Phi) is 3.80. The summed E-state index contributed by atoms with van der Waals surface area (Å²) in [6.45, 7) is 3.25. The van der Waals surface area contributed by atoms with Crippen molar-refractivity contribution in [2.24, 2.45) is 4.99 Å². The smallest absolute Gasteiger partial charge is 0.363 e. The highest BCUT2D eigenvalue weighted by Gasteiger charge is 2.24. The van der Waals surface area contributed by atoms with Crippen molar-refractivity contribution >= 4 is 29.5 Å². The highest BCUT2D eigenvalue weighted by molar-refractivity contribution is 6.12. The van der Waals surface area contributed by atoms with Gasteiger partial charge in [0.15, 0.2) is 5.70 Å². The van der Waals surface area contributed by atoms with Gasteiger partial charge in [-0.25, -0.2) is 9.79 Å². The average molecular weight is 310 g/mol. The largest absolute Gasteiger partial charge is 0.462 e.